The van der Waals surface area contributed by atoms with Crippen LogP contribution in [0.2, 0.25) is 0 Å². The lowest BCUT2D eigenvalue weighted by Crippen LogP contribution is -2.38. The summed E-state index contributed by atoms with van der Waals surface area (Å²) >= 11 is 0. The zero-order valence-corrected chi connectivity index (χ0v) is 15.1. The number of amides is 1. The molecule has 26 heavy (non-hydrogen) atoms. The molecule has 1 fully saturated rings. The van der Waals surface area contributed by atoms with Gasteiger partial charge in [-0.1, -0.05) is 36.4 Å². The number of fused-ring (bicyclic) bond motifs is 1. The highest BCUT2D eigenvalue weighted by Gasteiger charge is 2.25. The lowest BCUT2D eigenvalue weighted by molar-refractivity contribution is -0.131. The van der Waals surface area contributed by atoms with E-state index in [0.29, 0.717) is 12.3 Å². The fraction of sp³-hybridized carbons (Fsp3) is 0.318. The van der Waals surface area contributed by atoms with Crippen molar-refractivity contribution < 1.29 is 9.53 Å². The van der Waals surface area contributed by atoms with E-state index < -0.39 is 0 Å². The number of hydrogen-bond donors (Lipinski definition) is 1. The topological polar surface area (TPSA) is 45.3 Å². The standard InChI is InChI=1S/C22H24N2O2/c1-26-21-9-5-3-7-18(21)15-22(25)24-12-10-16(11-13-24)20-14-17-6-2-4-8-19(17)23-20/h2-9,14,16,23H,10-13,15H2,1H3. The van der Waals surface area contributed by atoms with Crippen molar-refractivity contribution in [1.29, 1.82) is 0 Å². The number of ether oxygens (including phenoxy) is 1. The van der Waals surface area contributed by atoms with Gasteiger partial charge in [0, 0.05) is 35.8 Å². The van der Waals surface area contributed by atoms with Gasteiger partial charge < -0.3 is 14.6 Å². The van der Waals surface area contributed by atoms with Crippen LogP contribution in [0, 0.1) is 0 Å². The van der Waals surface area contributed by atoms with E-state index in [9.17, 15) is 4.79 Å². The summed E-state index contributed by atoms with van der Waals surface area (Å²) in [6.45, 7) is 1.63. The quantitative estimate of drug-likeness (QED) is 0.771. The predicted molar refractivity (Wildman–Crippen MR) is 104 cm³/mol. The second-order valence-electron chi connectivity index (χ2n) is 6.96. The molecule has 0 bridgehead atoms. The van der Waals surface area contributed by atoms with Crippen LogP contribution in [-0.2, 0) is 11.2 Å². The molecule has 0 saturated carbocycles. The van der Waals surface area contributed by atoms with Gasteiger partial charge in [0.2, 0.25) is 5.91 Å². The third-order valence-corrected chi connectivity index (χ3v) is 5.37. The summed E-state index contributed by atoms with van der Waals surface area (Å²) in [5.74, 6) is 1.47. The van der Waals surface area contributed by atoms with Crippen molar-refractivity contribution in [2.24, 2.45) is 0 Å². The summed E-state index contributed by atoms with van der Waals surface area (Å²) < 4.78 is 5.36. The van der Waals surface area contributed by atoms with E-state index in [0.717, 1.165) is 37.2 Å². The molecular formula is C22H24N2O2. The molecule has 0 radical (unpaired) electrons. The van der Waals surface area contributed by atoms with E-state index in [2.05, 4.69) is 35.3 Å². The molecule has 2 aromatic carbocycles. The fourth-order valence-electron chi connectivity index (χ4n) is 3.88. The summed E-state index contributed by atoms with van der Waals surface area (Å²) in [5, 5.41) is 1.26. The minimum absolute atomic E-state index is 0.185. The Labute approximate surface area is 153 Å². The number of methoxy groups -OCH3 is 1. The number of rotatable bonds is 4. The largest absolute Gasteiger partial charge is 0.496 e. The monoisotopic (exact) mass is 348 g/mol. The summed E-state index contributed by atoms with van der Waals surface area (Å²) in [7, 11) is 1.65. The van der Waals surface area contributed by atoms with Crippen molar-refractivity contribution in [1.82, 2.24) is 9.88 Å². The van der Waals surface area contributed by atoms with Gasteiger partial charge in [-0.3, -0.25) is 4.79 Å². The third kappa shape index (κ3) is 3.32. The summed E-state index contributed by atoms with van der Waals surface area (Å²) in [5.41, 5.74) is 3.44. The summed E-state index contributed by atoms with van der Waals surface area (Å²) in [4.78, 5) is 18.2. The Balaban J connectivity index is 1.39. The van der Waals surface area contributed by atoms with Gasteiger partial charge in [-0.2, -0.15) is 0 Å². The molecule has 1 aliphatic rings. The van der Waals surface area contributed by atoms with Crippen molar-refractivity contribution >= 4 is 16.8 Å². The maximum absolute atomic E-state index is 12.7. The van der Waals surface area contributed by atoms with Crippen LogP contribution in [0.25, 0.3) is 10.9 Å². The third-order valence-electron chi connectivity index (χ3n) is 5.37. The molecule has 0 atom stereocenters. The Bertz CT molecular complexity index is 874. The number of benzene rings is 2. The molecule has 4 nitrogen and oxygen atoms in total. The van der Waals surface area contributed by atoms with Crippen LogP contribution in [0.15, 0.2) is 54.6 Å². The smallest absolute Gasteiger partial charge is 0.227 e. The Morgan fingerprint density at radius 3 is 2.62 bits per heavy atom. The number of piperidine rings is 1. The molecule has 2 heterocycles. The molecule has 4 heteroatoms. The highest BCUT2D eigenvalue weighted by Crippen LogP contribution is 2.30. The lowest BCUT2D eigenvalue weighted by atomic mass is 9.93. The SMILES string of the molecule is COc1ccccc1CC(=O)N1CCC(c2cc3ccccc3[nH]2)CC1. The maximum atomic E-state index is 12.7. The van der Waals surface area contributed by atoms with Gasteiger partial charge in [0.15, 0.2) is 0 Å². The first kappa shape index (κ1) is 16.7. The van der Waals surface area contributed by atoms with Crippen LogP contribution in [-0.4, -0.2) is 36.0 Å². The minimum atomic E-state index is 0.185. The molecule has 0 aliphatic carbocycles. The van der Waals surface area contributed by atoms with Crippen molar-refractivity contribution in [3.63, 3.8) is 0 Å². The molecule has 1 aromatic heterocycles. The van der Waals surface area contributed by atoms with Gasteiger partial charge in [0.05, 0.1) is 13.5 Å². The number of carbonyl (C=O) groups excluding carboxylic acids is 1. The first-order valence-corrected chi connectivity index (χ1v) is 9.22. The number of nitrogens with zero attached hydrogens (tertiary/aromatic N) is 1. The molecule has 0 unspecified atom stereocenters. The molecular weight excluding hydrogens is 324 g/mol. The Morgan fingerprint density at radius 1 is 1.12 bits per heavy atom. The van der Waals surface area contributed by atoms with Crippen LogP contribution in [0.1, 0.15) is 30.0 Å². The number of H-pyrrole nitrogens is 1. The number of aromatic nitrogens is 1. The normalized spacial score (nSPS) is 15.3. The number of hydrogen-bond acceptors (Lipinski definition) is 2. The van der Waals surface area contributed by atoms with Crippen molar-refractivity contribution in [3.8, 4) is 5.75 Å². The number of carbonyl (C=O) groups is 1. The highest BCUT2D eigenvalue weighted by atomic mass is 16.5. The summed E-state index contributed by atoms with van der Waals surface area (Å²) in [6, 6.07) is 18.4. The van der Waals surface area contributed by atoms with Gasteiger partial charge in [-0.05, 0) is 36.4 Å². The van der Waals surface area contributed by atoms with Crippen LogP contribution in [0.3, 0.4) is 0 Å². The number of nitrogens with one attached hydrogen (secondary N) is 1. The van der Waals surface area contributed by atoms with E-state index in [-0.39, 0.29) is 5.91 Å². The molecule has 1 aliphatic heterocycles. The van der Waals surface area contributed by atoms with Crippen LogP contribution in [0.5, 0.6) is 5.75 Å². The lowest BCUT2D eigenvalue weighted by Gasteiger charge is -2.32. The highest BCUT2D eigenvalue weighted by molar-refractivity contribution is 5.81. The molecule has 1 amide bonds. The average molecular weight is 348 g/mol. The number of likely N-dealkylation sites (tertiary alicyclic amines) is 1. The predicted octanol–water partition coefficient (Wildman–Crippen LogP) is 4.13. The maximum Gasteiger partial charge on any atom is 0.227 e. The molecule has 134 valence electrons. The minimum Gasteiger partial charge on any atom is -0.496 e. The molecule has 1 saturated heterocycles. The zero-order chi connectivity index (χ0) is 17.9. The van der Waals surface area contributed by atoms with Gasteiger partial charge in [0.25, 0.3) is 0 Å². The second kappa shape index (κ2) is 7.24. The van der Waals surface area contributed by atoms with E-state index in [4.69, 9.17) is 4.74 Å². The van der Waals surface area contributed by atoms with Crippen molar-refractivity contribution in [2.75, 3.05) is 20.2 Å². The molecule has 0 spiro atoms. The van der Waals surface area contributed by atoms with Crippen LogP contribution in [0.4, 0.5) is 0 Å². The first-order valence-electron chi connectivity index (χ1n) is 9.22. The van der Waals surface area contributed by atoms with Crippen LogP contribution >= 0.6 is 0 Å². The van der Waals surface area contributed by atoms with E-state index in [1.54, 1.807) is 7.11 Å². The van der Waals surface area contributed by atoms with Crippen molar-refractivity contribution in [3.05, 3.63) is 65.9 Å². The van der Waals surface area contributed by atoms with Gasteiger partial charge in [0.1, 0.15) is 5.75 Å². The van der Waals surface area contributed by atoms with E-state index in [1.807, 2.05) is 29.2 Å². The van der Waals surface area contributed by atoms with Crippen LogP contribution < -0.4 is 4.74 Å². The first-order chi connectivity index (χ1) is 12.7. The average Bonchev–Trinajstić information content (AvgIpc) is 3.13. The zero-order valence-electron chi connectivity index (χ0n) is 15.1. The van der Waals surface area contributed by atoms with E-state index >= 15 is 0 Å². The molecule has 1 N–H and O–H groups in total. The van der Waals surface area contributed by atoms with Gasteiger partial charge in [-0.15, -0.1) is 0 Å². The molecule has 3 aromatic rings. The second-order valence-corrected chi connectivity index (χ2v) is 6.96. The fourth-order valence-corrected chi connectivity index (χ4v) is 3.88. The Morgan fingerprint density at radius 2 is 1.85 bits per heavy atom. The molecule has 4 rings (SSSR count). The van der Waals surface area contributed by atoms with Gasteiger partial charge in [-0.25, -0.2) is 0 Å². The van der Waals surface area contributed by atoms with Crippen molar-refractivity contribution in [2.45, 2.75) is 25.2 Å². The van der Waals surface area contributed by atoms with Gasteiger partial charge >= 0.3 is 0 Å². The summed E-state index contributed by atoms with van der Waals surface area (Å²) in [6.07, 6.45) is 2.41. The Hall–Kier alpha value is -2.75. The Kier molecular flexibility index (Phi) is 4.65. The number of para-hydroxylation sites is 2. The number of aromatic amines is 1. The van der Waals surface area contributed by atoms with E-state index in [1.165, 1.54) is 16.6 Å².